The maximum atomic E-state index is 13.0. The molecule has 3 rings (SSSR count). The van der Waals surface area contributed by atoms with Crippen LogP contribution in [-0.2, 0) is 14.3 Å². The molecule has 7 nitrogen and oxygen atoms in total. The minimum atomic E-state index is -0.632. The van der Waals surface area contributed by atoms with Crippen molar-refractivity contribution in [1.29, 1.82) is 0 Å². The Morgan fingerprint density at radius 3 is 2.65 bits per heavy atom. The van der Waals surface area contributed by atoms with Crippen molar-refractivity contribution in [3.8, 4) is 11.5 Å². The zero-order chi connectivity index (χ0) is 22.7. The van der Waals surface area contributed by atoms with Gasteiger partial charge in [0, 0.05) is 12.2 Å². The lowest BCUT2D eigenvalue weighted by Gasteiger charge is -2.39. The van der Waals surface area contributed by atoms with Gasteiger partial charge in [-0.25, -0.2) is 9.79 Å². The van der Waals surface area contributed by atoms with Crippen LogP contribution in [0.3, 0.4) is 0 Å². The van der Waals surface area contributed by atoms with E-state index in [-0.39, 0.29) is 12.0 Å². The van der Waals surface area contributed by atoms with Crippen molar-refractivity contribution in [3.63, 3.8) is 0 Å². The lowest BCUT2D eigenvalue weighted by atomic mass is 9.93. The molecule has 8 heteroatoms. The molecule has 1 aromatic rings. The summed E-state index contributed by atoms with van der Waals surface area (Å²) < 4.78 is 16.9. The predicted octanol–water partition coefficient (Wildman–Crippen LogP) is 4.33. The van der Waals surface area contributed by atoms with Crippen molar-refractivity contribution in [3.05, 3.63) is 35.0 Å². The van der Waals surface area contributed by atoms with Crippen molar-refractivity contribution in [1.82, 2.24) is 4.90 Å². The maximum absolute atomic E-state index is 13.0. The van der Waals surface area contributed by atoms with E-state index in [0.29, 0.717) is 52.6 Å². The van der Waals surface area contributed by atoms with Crippen molar-refractivity contribution < 1.29 is 23.8 Å². The molecule has 2 aliphatic heterocycles. The van der Waals surface area contributed by atoms with E-state index in [1.54, 1.807) is 32.8 Å². The SMILES string of the molecule is COc1cc([C@@H]2C(C(=O)OC(C)C)=C(C)N=C3SCCC(=O)N32)ccc1OCC(C)C. The quantitative estimate of drug-likeness (QED) is 0.580. The number of fused-ring (bicyclic) bond motifs is 1. The van der Waals surface area contributed by atoms with Crippen LogP contribution >= 0.6 is 11.8 Å². The Hall–Kier alpha value is -2.48. The highest BCUT2D eigenvalue weighted by molar-refractivity contribution is 8.14. The van der Waals surface area contributed by atoms with E-state index in [1.807, 2.05) is 18.2 Å². The monoisotopic (exact) mass is 446 g/mol. The number of esters is 1. The summed E-state index contributed by atoms with van der Waals surface area (Å²) in [5.41, 5.74) is 1.67. The summed E-state index contributed by atoms with van der Waals surface area (Å²) in [5, 5.41) is 0.610. The Morgan fingerprint density at radius 2 is 2.00 bits per heavy atom. The Balaban J connectivity index is 2.08. The van der Waals surface area contributed by atoms with Gasteiger partial charge in [0.1, 0.15) is 0 Å². The topological polar surface area (TPSA) is 77.4 Å². The number of ether oxygens (including phenoxy) is 3. The third-order valence-corrected chi connectivity index (χ3v) is 5.80. The Morgan fingerprint density at radius 1 is 1.26 bits per heavy atom. The minimum absolute atomic E-state index is 0.0658. The molecule has 1 aromatic carbocycles. The first-order chi connectivity index (χ1) is 14.7. The van der Waals surface area contributed by atoms with Gasteiger partial charge in [-0.05, 0) is 44.4 Å². The zero-order valence-electron chi connectivity index (χ0n) is 18.9. The van der Waals surface area contributed by atoms with Gasteiger partial charge in [-0.1, -0.05) is 31.7 Å². The van der Waals surface area contributed by atoms with Crippen LogP contribution in [0.15, 0.2) is 34.5 Å². The number of nitrogens with zero attached hydrogens (tertiary/aromatic N) is 2. The summed E-state index contributed by atoms with van der Waals surface area (Å²) in [7, 11) is 1.58. The fourth-order valence-electron chi connectivity index (χ4n) is 3.48. The summed E-state index contributed by atoms with van der Waals surface area (Å²) in [6.07, 6.45) is 0.102. The van der Waals surface area contributed by atoms with E-state index in [4.69, 9.17) is 14.2 Å². The molecule has 1 atom stereocenters. The lowest BCUT2D eigenvalue weighted by Crippen LogP contribution is -2.46. The third kappa shape index (κ3) is 5.06. The second kappa shape index (κ2) is 9.77. The molecule has 2 heterocycles. The first-order valence-electron chi connectivity index (χ1n) is 10.5. The van der Waals surface area contributed by atoms with Crippen molar-refractivity contribution >= 4 is 28.8 Å². The van der Waals surface area contributed by atoms with Crippen LogP contribution in [0.4, 0.5) is 0 Å². The largest absolute Gasteiger partial charge is 0.493 e. The number of carbonyl (C=O) groups is 2. The number of amidine groups is 1. The van der Waals surface area contributed by atoms with Crippen LogP contribution in [0.1, 0.15) is 52.6 Å². The molecule has 31 heavy (non-hydrogen) atoms. The molecule has 1 saturated heterocycles. The fourth-order valence-corrected chi connectivity index (χ4v) is 4.49. The molecule has 0 radical (unpaired) electrons. The smallest absolute Gasteiger partial charge is 0.338 e. The number of benzene rings is 1. The first kappa shape index (κ1) is 23.2. The Kier molecular flexibility index (Phi) is 7.30. The van der Waals surface area contributed by atoms with Gasteiger partial charge in [0.15, 0.2) is 16.7 Å². The van der Waals surface area contributed by atoms with E-state index in [9.17, 15) is 9.59 Å². The molecule has 1 fully saturated rings. The van der Waals surface area contributed by atoms with E-state index in [1.165, 1.54) is 11.8 Å². The van der Waals surface area contributed by atoms with Gasteiger partial charge in [-0.15, -0.1) is 0 Å². The number of methoxy groups -OCH3 is 1. The summed E-state index contributed by atoms with van der Waals surface area (Å²) in [5.74, 6) is 1.68. The van der Waals surface area contributed by atoms with E-state index in [0.717, 1.165) is 5.56 Å². The highest BCUT2D eigenvalue weighted by atomic mass is 32.2. The molecule has 0 aliphatic carbocycles. The summed E-state index contributed by atoms with van der Waals surface area (Å²) in [4.78, 5) is 32.1. The van der Waals surface area contributed by atoms with E-state index < -0.39 is 12.0 Å². The van der Waals surface area contributed by atoms with Crippen LogP contribution < -0.4 is 9.47 Å². The molecule has 168 valence electrons. The standard InChI is InChI=1S/C23H30N2O5S/c1-13(2)12-29-17-8-7-16(11-18(17)28-6)21-20(22(27)30-14(3)4)15(5)24-23-25(21)19(26)9-10-31-23/h7-8,11,13-14,21H,9-10,12H2,1-6H3/t21-/m1/s1. The summed E-state index contributed by atoms with van der Waals surface area (Å²) >= 11 is 1.52. The number of amides is 1. The zero-order valence-corrected chi connectivity index (χ0v) is 19.7. The molecule has 2 aliphatic rings. The second-order valence-electron chi connectivity index (χ2n) is 8.23. The van der Waals surface area contributed by atoms with Gasteiger partial charge >= 0.3 is 5.97 Å². The van der Waals surface area contributed by atoms with Gasteiger partial charge in [0.05, 0.1) is 37.1 Å². The molecule has 0 unspecified atom stereocenters. The third-order valence-electron chi connectivity index (χ3n) is 4.84. The Bertz CT molecular complexity index is 923. The number of allylic oxidation sites excluding steroid dienone is 1. The molecule has 0 spiro atoms. The Labute approximate surface area is 187 Å². The van der Waals surface area contributed by atoms with Gasteiger partial charge in [0.2, 0.25) is 5.91 Å². The predicted molar refractivity (Wildman–Crippen MR) is 121 cm³/mol. The van der Waals surface area contributed by atoms with E-state index >= 15 is 0 Å². The van der Waals surface area contributed by atoms with Crippen LogP contribution in [0.2, 0.25) is 0 Å². The number of hydrogen-bond donors (Lipinski definition) is 0. The van der Waals surface area contributed by atoms with Crippen molar-refractivity contribution in [2.75, 3.05) is 19.5 Å². The number of hydrogen-bond acceptors (Lipinski definition) is 7. The number of rotatable bonds is 7. The summed E-state index contributed by atoms with van der Waals surface area (Å²) in [6, 6.07) is 4.89. The maximum Gasteiger partial charge on any atom is 0.338 e. The molecular weight excluding hydrogens is 416 g/mol. The number of thioether (sulfide) groups is 1. The normalized spacial score (nSPS) is 18.8. The number of aliphatic imine (C=N–C) groups is 1. The van der Waals surface area contributed by atoms with Crippen LogP contribution in [0.25, 0.3) is 0 Å². The molecular formula is C23H30N2O5S. The first-order valence-corrected chi connectivity index (χ1v) is 11.5. The molecule has 0 bridgehead atoms. The van der Waals surface area contributed by atoms with Crippen LogP contribution in [0.5, 0.6) is 11.5 Å². The molecule has 0 N–H and O–H groups in total. The van der Waals surface area contributed by atoms with E-state index in [2.05, 4.69) is 18.8 Å². The van der Waals surface area contributed by atoms with Crippen molar-refractivity contribution in [2.45, 2.75) is 53.2 Å². The minimum Gasteiger partial charge on any atom is -0.493 e. The van der Waals surface area contributed by atoms with Crippen LogP contribution in [-0.4, -0.2) is 47.5 Å². The van der Waals surface area contributed by atoms with Crippen molar-refractivity contribution in [2.24, 2.45) is 10.9 Å². The second-order valence-corrected chi connectivity index (χ2v) is 9.29. The number of carbonyl (C=O) groups excluding carboxylic acids is 2. The van der Waals surface area contributed by atoms with Gasteiger partial charge in [-0.3, -0.25) is 9.69 Å². The molecule has 1 amide bonds. The molecule has 0 aromatic heterocycles. The highest BCUT2D eigenvalue weighted by Gasteiger charge is 2.42. The molecule has 0 saturated carbocycles. The average Bonchev–Trinajstić information content (AvgIpc) is 2.70. The average molecular weight is 447 g/mol. The lowest BCUT2D eigenvalue weighted by molar-refractivity contribution is -0.143. The summed E-state index contributed by atoms with van der Waals surface area (Å²) in [6.45, 7) is 10.1. The van der Waals surface area contributed by atoms with Gasteiger partial charge in [0.25, 0.3) is 0 Å². The fraction of sp³-hybridized carbons (Fsp3) is 0.522. The van der Waals surface area contributed by atoms with Gasteiger partial charge < -0.3 is 14.2 Å². The van der Waals surface area contributed by atoms with Crippen LogP contribution in [0, 0.1) is 5.92 Å². The van der Waals surface area contributed by atoms with Gasteiger partial charge in [-0.2, -0.15) is 0 Å². The highest BCUT2D eigenvalue weighted by Crippen LogP contribution is 2.42.